The summed E-state index contributed by atoms with van der Waals surface area (Å²) in [7, 11) is 1.73. The van der Waals surface area contributed by atoms with Gasteiger partial charge in [0.25, 0.3) is 0 Å². The summed E-state index contributed by atoms with van der Waals surface area (Å²) < 4.78 is 11.7. The summed E-state index contributed by atoms with van der Waals surface area (Å²) >= 11 is 0. The molecule has 1 heterocycles. The molecule has 2 fully saturated rings. The summed E-state index contributed by atoms with van der Waals surface area (Å²) in [6, 6.07) is 17.2. The zero-order chi connectivity index (χ0) is 17.8. The molecule has 4 rings (SSSR count). The summed E-state index contributed by atoms with van der Waals surface area (Å²) in [6.45, 7) is 4.96. The van der Waals surface area contributed by atoms with Crippen molar-refractivity contribution < 1.29 is 9.47 Å². The zero-order valence-electron chi connectivity index (χ0n) is 16.3. The maximum Gasteiger partial charge on any atom is 0.161 e. The van der Waals surface area contributed by atoms with Crippen molar-refractivity contribution in [3.63, 3.8) is 0 Å². The van der Waals surface area contributed by atoms with Crippen molar-refractivity contribution in [3.05, 3.63) is 59.7 Å². The highest BCUT2D eigenvalue weighted by Crippen LogP contribution is 2.46. The van der Waals surface area contributed by atoms with E-state index in [2.05, 4.69) is 40.5 Å². The van der Waals surface area contributed by atoms with Gasteiger partial charge in [-0.3, -0.25) is 4.90 Å². The zero-order valence-corrected chi connectivity index (χ0v) is 17.9. The fourth-order valence-corrected chi connectivity index (χ4v) is 3.88. The molecule has 28 heavy (non-hydrogen) atoms. The molecule has 0 amide bonds. The van der Waals surface area contributed by atoms with Crippen LogP contribution in [0, 0.1) is 5.92 Å². The van der Waals surface area contributed by atoms with Crippen LogP contribution < -0.4 is 14.8 Å². The monoisotopic (exact) mass is 424 g/mol. The van der Waals surface area contributed by atoms with E-state index in [0.29, 0.717) is 12.6 Å². The van der Waals surface area contributed by atoms with Gasteiger partial charge in [-0.1, -0.05) is 36.4 Å². The average Bonchev–Trinajstić information content (AvgIpc) is 3.53. The van der Waals surface area contributed by atoms with E-state index in [1.165, 1.54) is 18.4 Å². The molecule has 0 spiro atoms. The van der Waals surface area contributed by atoms with Gasteiger partial charge in [0, 0.05) is 32.2 Å². The normalized spacial score (nSPS) is 17.8. The van der Waals surface area contributed by atoms with Gasteiger partial charge in [0.1, 0.15) is 6.61 Å². The van der Waals surface area contributed by atoms with Crippen LogP contribution >= 0.6 is 24.8 Å². The van der Waals surface area contributed by atoms with E-state index in [9.17, 15) is 0 Å². The van der Waals surface area contributed by atoms with Gasteiger partial charge >= 0.3 is 0 Å². The van der Waals surface area contributed by atoms with Crippen molar-refractivity contribution in [2.45, 2.75) is 25.5 Å². The SMILES string of the molecule is COc1cc([C@@H](C2CC2)N2CCNCC2)ccc1OCc1ccccc1.Cl.Cl. The van der Waals surface area contributed by atoms with Gasteiger partial charge in [-0.2, -0.15) is 0 Å². The molecular formula is C22H30Cl2N2O2. The van der Waals surface area contributed by atoms with Crippen LogP contribution in [-0.2, 0) is 6.61 Å². The van der Waals surface area contributed by atoms with Crippen LogP contribution in [-0.4, -0.2) is 38.2 Å². The van der Waals surface area contributed by atoms with E-state index in [4.69, 9.17) is 9.47 Å². The Bertz CT molecular complexity index is 720. The minimum atomic E-state index is 0. The standard InChI is InChI=1S/C22H28N2O2.2ClH/c1-25-21-15-19(22(18-7-8-18)24-13-11-23-12-14-24)9-10-20(21)26-16-17-5-3-2-4-6-17;;/h2-6,9-10,15,18,22-23H,7-8,11-14,16H2,1H3;2*1H/t22-;;/m1../s1. The molecule has 154 valence electrons. The Morgan fingerprint density at radius 2 is 1.71 bits per heavy atom. The Balaban J connectivity index is 0.00000140. The fourth-order valence-electron chi connectivity index (χ4n) is 3.88. The number of rotatable bonds is 7. The van der Waals surface area contributed by atoms with Crippen LogP contribution in [0.1, 0.15) is 30.0 Å². The first kappa shape index (κ1) is 22.8. The Morgan fingerprint density at radius 3 is 2.36 bits per heavy atom. The second kappa shape index (κ2) is 10.9. The number of benzene rings is 2. The first-order chi connectivity index (χ1) is 12.8. The number of piperazine rings is 1. The van der Waals surface area contributed by atoms with Crippen molar-refractivity contribution in [2.75, 3.05) is 33.3 Å². The van der Waals surface area contributed by atoms with Crippen LogP contribution in [0.2, 0.25) is 0 Å². The van der Waals surface area contributed by atoms with E-state index < -0.39 is 0 Å². The second-order valence-corrected chi connectivity index (χ2v) is 7.25. The van der Waals surface area contributed by atoms with E-state index in [1.54, 1.807) is 7.11 Å². The van der Waals surface area contributed by atoms with Gasteiger partial charge in [-0.25, -0.2) is 0 Å². The van der Waals surface area contributed by atoms with Gasteiger partial charge in [0.2, 0.25) is 0 Å². The molecule has 0 bridgehead atoms. The largest absolute Gasteiger partial charge is 0.493 e. The topological polar surface area (TPSA) is 33.7 Å². The van der Waals surface area contributed by atoms with Gasteiger partial charge in [0.05, 0.1) is 7.11 Å². The summed E-state index contributed by atoms with van der Waals surface area (Å²) in [5.41, 5.74) is 2.52. The van der Waals surface area contributed by atoms with Crippen molar-refractivity contribution in [2.24, 2.45) is 5.92 Å². The van der Waals surface area contributed by atoms with Crippen LogP contribution in [0.25, 0.3) is 0 Å². The molecule has 1 aliphatic heterocycles. The molecule has 0 radical (unpaired) electrons. The van der Waals surface area contributed by atoms with E-state index >= 15 is 0 Å². The van der Waals surface area contributed by atoms with E-state index in [0.717, 1.165) is 49.2 Å². The quantitative estimate of drug-likeness (QED) is 0.710. The highest BCUT2D eigenvalue weighted by molar-refractivity contribution is 5.85. The maximum absolute atomic E-state index is 6.02. The maximum atomic E-state index is 6.02. The van der Waals surface area contributed by atoms with Gasteiger partial charge in [0.15, 0.2) is 11.5 Å². The first-order valence-electron chi connectivity index (χ1n) is 9.64. The molecule has 0 aromatic heterocycles. The number of methoxy groups -OCH3 is 1. The van der Waals surface area contributed by atoms with E-state index in [1.807, 2.05) is 18.2 Å². The number of hydrogen-bond acceptors (Lipinski definition) is 4. The van der Waals surface area contributed by atoms with Crippen molar-refractivity contribution in [1.82, 2.24) is 10.2 Å². The lowest BCUT2D eigenvalue weighted by molar-refractivity contribution is 0.156. The third-order valence-corrected chi connectivity index (χ3v) is 5.38. The smallest absolute Gasteiger partial charge is 0.161 e. The summed E-state index contributed by atoms with van der Waals surface area (Å²) in [5, 5.41) is 3.46. The molecule has 2 aromatic rings. The Morgan fingerprint density at radius 1 is 1.00 bits per heavy atom. The number of nitrogens with one attached hydrogen (secondary N) is 1. The molecule has 4 nitrogen and oxygen atoms in total. The molecular weight excluding hydrogens is 395 g/mol. The third-order valence-electron chi connectivity index (χ3n) is 5.38. The van der Waals surface area contributed by atoms with Crippen LogP contribution in [0.15, 0.2) is 48.5 Å². The fraction of sp³-hybridized carbons (Fsp3) is 0.455. The molecule has 6 heteroatoms. The van der Waals surface area contributed by atoms with E-state index in [-0.39, 0.29) is 24.8 Å². The molecule has 2 aliphatic rings. The highest BCUT2D eigenvalue weighted by atomic mass is 35.5. The first-order valence-corrected chi connectivity index (χ1v) is 9.64. The predicted octanol–water partition coefficient (Wildman–Crippen LogP) is 4.47. The molecule has 2 aromatic carbocycles. The van der Waals surface area contributed by atoms with Crippen molar-refractivity contribution >= 4 is 24.8 Å². The summed E-state index contributed by atoms with van der Waals surface area (Å²) in [4.78, 5) is 2.63. The Kier molecular flexibility index (Phi) is 8.90. The Labute approximate surface area is 180 Å². The molecule has 0 unspecified atom stereocenters. The number of halogens is 2. The van der Waals surface area contributed by atoms with Crippen LogP contribution in [0.3, 0.4) is 0 Å². The molecule has 1 saturated carbocycles. The summed E-state index contributed by atoms with van der Waals surface area (Å²) in [5.74, 6) is 2.43. The molecule has 1 atom stereocenters. The van der Waals surface area contributed by atoms with Crippen LogP contribution in [0.5, 0.6) is 11.5 Å². The number of nitrogens with zero attached hydrogens (tertiary/aromatic N) is 1. The number of ether oxygens (including phenoxy) is 2. The van der Waals surface area contributed by atoms with Gasteiger partial charge in [-0.05, 0) is 42.0 Å². The lowest BCUT2D eigenvalue weighted by Gasteiger charge is -2.35. The lowest BCUT2D eigenvalue weighted by atomic mass is 9.99. The average molecular weight is 425 g/mol. The minimum absolute atomic E-state index is 0. The molecule has 1 N–H and O–H groups in total. The predicted molar refractivity (Wildman–Crippen MR) is 118 cm³/mol. The van der Waals surface area contributed by atoms with Gasteiger partial charge in [-0.15, -0.1) is 24.8 Å². The third kappa shape index (κ3) is 5.54. The van der Waals surface area contributed by atoms with Crippen LogP contribution in [0.4, 0.5) is 0 Å². The second-order valence-electron chi connectivity index (χ2n) is 7.25. The lowest BCUT2D eigenvalue weighted by Crippen LogP contribution is -2.45. The minimum Gasteiger partial charge on any atom is -0.493 e. The summed E-state index contributed by atoms with van der Waals surface area (Å²) in [6.07, 6.45) is 2.67. The number of hydrogen-bond donors (Lipinski definition) is 1. The molecule has 1 aliphatic carbocycles. The molecule has 1 saturated heterocycles. The van der Waals surface area contributed by atoms with Gasteiger partial charge < -0.3 is 14.8 Å². The Hall–Kier alpha value is -1.46. The van der Waals surface area contributed by atoms with Crippen molar-refractivity contribution in [3.8, 4) is 11.5 Å². The van der Waals surface area contributed by atoms with Crippen molar-refractivity contribution in [1.29, 1.82) is 0 Å². The highest BCUT2D eigenvalue weighted by Gasteiger charge is 2.37.